The zero-order valence-corrected chi connectivity index (χ0v) is 6.63. The fraction of sp³-hybridized carbons (Fsp3) is 0.667. The number of carboxylic acid groups (broad SMARTS) is 1. The standard InChI is InChI=1S/C5H12N2O.CH2O2/c1-7-5(8)3-2-4-6;2-1-3/h2-4,6H2,1H3,(H,7,8);1H,(H,2,3). The predicted molar refractivity (Wildman–Crippen MR) is 37.1 cm³/mol. The molecule has 0 heterocycles. The molecule has 0 aromatic rings. The van der Waals surface area contributed by atoms with Crippen molar-refractivity contribution in [1.29, 1.82) is 0 Å². The predicted octanol–water partition coefficient (Wildman–Crippen LogP) is -2.88. The van der Waals surface area contributed by atoms with Crippen molar-refractivity contribution in [3.05, 3.63) is 0 Å². The summed E-state index contributed by atoms with van der Waals surface area (Å²) in [5, 5.41) is 10.8. The Morgan fingerprint density at radius 3 is 2.45 bits per heavy atom. The van der Waals surface area contributed by atoms with Gasteiger partial charge < -0.3 is 21.0 Å². The smallest absolute Gasteiger partial charge is 0.219 e. The minimum Gasteiger partial charge on any atom is -0.554 e. The fourth-order valence-electron chi connectivity index (χ4n) is 0.411. The van der Waals surface area contributed by atoms with Crippen LogP contribution in [0, 0.1) is 0 Å². The molecule has 0 aromatic carbocycles. The maximum Gasteiger partial charge on any atom is 0.219 e. The van der Waals surface area contributed by atoms with Crippen molar-refractivity contribution in [2.75, 3.05) is 13.6 Å². The topological polar surface area (TPSA) is 96.9 Å². The number of carbonyl (C=O) groups is 2. The number of nitrogens with one attached hydrogen (secondary N) is 1. The monoisotopic (exact) mass is 162 g/mol. The fourth-order valence-corrected chi connectivity index (χ4v) is 0.411. The first-order chi connectivity index (χ1) is 5.22. The summed E-state index contributed by atoms with van der Waals surface area (Å²) in [6, 6.07) is 0. The second-order valence-corrected chi connectivity index (χ2v) is 1.73. The van der Waals surface area contributed by atoms with Crippen molar-refractivity contribution in [3.63, 3.8) is 0 Å². The van der Waals surface area contributed by atoms with Crippen LogP contribution in [0.2, 0.25) is 0 Å². The molecule has 66 valence electrons. The van der Waals surface area contributed by atoms with Gasteiger partial charge in [-0.2, -0.15) is 0 Å². The zero-order chi connectivity index (χ0) is 9.11. The van der Waals surface area contributed by atoms with Crippen molar-refractivity contribution in [2.24, 2.45) is 0 Å². The van der Waals surface area contributed by atoms with Gasteiger partial charge in [-0.3, -0.25) is 4.79 Å². The first kappa shape index (κ1) is 12.6. The molecule has 0 unspecified atom stereocenters. The lowest BCUT2D eigenvalue weighted by Gasteiger charge is -1.93. The van der Waals surface area contributed by atoms with Crippen LogP contribution in [0.25, 0.3) is 0 Å². The van der Waals surface area contributed by atoms with Gasteiger partial charge in [-0.05, 0) is 0 Å². The van der Waals surface area contributed by atoms with Crippen LogP contribution in [0.5, 0.6) is 0 Å². The molecule has 0 saturated carbocycles. The first-order valence-corrected chi connectivity index (χ1v) is 3.28. The summed E-state index contributed by atoms with van der Waals surface area (Å²) in [5.74, 6) is 0.105. The van der Waals surface area contributed by atoms with Crippen molar-refractivity contribution in [2.45, 2.75) is 12.8 Å². The van der Waals surface area contributed by atoms with Crippen LogP contribution >= 0.6 is 0 Å². The third kappa shape index (κ3) is 17.6. The highest BCUT2D eigenvalue weighted by Gasteiger charge is 1.94. The summed E-state index contributed by atoms with van der Waals surface area (Å²) in [4.78, 5) is 18.7. The average Bonchev–Trinajstić information content (AvgIpc) is 2.02. The van der Waals surface area contributed by atoms with Crippen LogP contribution in [0.3, 0.4) is 0 Å². The highest BCUT2D eigenvalue weighted by Crippen LogP contribution is 1.81. The molecule has 5 heteroatoms. The second kappa shape index (κ2) is 11.7. The Morgan fingerprint density at radius 1 is 1.73 bits per heavy atom. The Kier molecular flexibility index (Phi) is 13.3. The van der Waals surface area contributed by atoms with E-state index >= 15 is 0 Å². The maximum atomic E-state index is 10.4. The van der Waals surface area contributed by atoms with E-state index in [0.717, 1.165) is 13.0 Å². The Hall–Kier alpha value is -1.10. The normalized spacial score (nSPS) is 7.45. The Bertz CT molecular complexity index is 106. The number of amides is 1. The molecular formula is C6H14N2O3. The van der Waals surface area contributed by atoms with Gasteiger partial charge in [-0.25, -0.2) is 0 Å². The maximum absolute atomic E-state index is 10.4. The molecule has 0 aliphatic heterocycles. The van der Waals surface area contributed by atoms with Gasteiger partial charge in [0.25, 0.3) is 0 Å². The molecule has 0 rings (SSSR count). The van der Waals surface area contributed by atoms with Gasteiger partial charge in [0.15, 0.2) is 0 Å². The van der Waals surface area contributed by atoms with Crippen molar-refractivity contribution in [3.8, 4) is 0 Å². The van der Waals surface area contributed by atoms with Gasteiger partial charge in [0, 0.05) is 26.4 Å². The van der Waals surface area contributed by atoms with Gasteiger partial charge in [0.2, 0.25) is 5.91 Å². The quantitative estimate of drug-likeness (QED) is 0.436. The van der Waals surface area contributed by atoms with Crippen molar-refractivity contribution in [1.82, 2.24) is 5.32 Å². The minimum atomic E-state index is -0.500. The lowest BCUT2D eigenvalue weighted by Crippen LogP contribution is -2.50. The number of hydrogen-bond acceptors (Lipinski definition) is 3. The molecule has 0 spiro atoms. The largest absolute Gasteiger partial charge is 0.554 e. The van der Waals surface area contributed by atoms with Crippen LogP contribution in [0.4, 0.5) is 0 Å². The average molecular weight is 162 g/mol. The van der Waals surface area contributed by atoms with E-state index in [2.05, 4.69) is 11.1 Å². The molecule has 0 aromatic heterocycles. The third-order valence-electron chi connectivity index (χ3n) is 0.933. The molecule has 0 saturated heterocycles. The summed E-state index contributed by atoms with van der Waals surface area (Å²) in [7, 11) is 1.64. The number of carbonyl (C=O) groups excluding carboxylic acids is 2. The number of rotatable bonds is 3. The highest BCUT2D eigenvalue weighted by molar-refractivity contribution is 5.75. The number of quaternary nitrogens is 1. The van der Waals surface area contributed by atoms with Gasteiger partial charge in [0.05, 0.1) is 6.54 Å². The Labute approximate surface area is 65.6 Å². The lowest BCUT2D eigenvalue weighted by atomic mass is 10.3. The summed E-state index contributed by atoms with van der Waals surface area (Å²) < 4.78 is 0. The molecule has 1 amide bonds. The van der Waals surface area contributed by atoms with Gasteiger partial charge in [0.1, 0.15) is 0 Å². The van der Waals surface area contributed by atoms with Crippen LogP contribution in [0.1, 0.15) is 12.8 Å². The summed E-state index contributed by atoms with van der Waals surface area (Å²) in [5.41, 5.74) is 3.61. The molecule has 11 heavy (non-hydrogen) atoms. The van der Waals surface area contributed by atoms with Gasteiger partial charge in [-0.1, -0.05) is 0 Å². The zero-order valence-electron chi connectivity index (χ0n) is 6.63. The van der Waals surface area contributed by atoms with Crippen LogP contribution in [0.15, 0.2) is 0 Å². The summed E-state index contributed by atoms with van der Waals surface area (Å²) >= 11 is 0. The minimum absolute atomic E-state index is 0.105. The molecule has 0 aliphatic rings. The lowest BCUT2D eigenvalue weighted by molar-refractivity contribution is -0.368. The molecule has 0 atom stereocenters. The second-order valence-electron chi connectivity index (χ2n) is 1.73. The Morgan fingerprint density at radius 2 is 2.18 bits per heavy atom. The van der Waals surface area contributed by atoms with E-state index in [1.165, 1.54) is 0 Å². The molecule has 5 nitrogen and oxygen atoms in total. The van der Waals surface area contributed by atoms with Crippen LogP contribution in [-0.2, 0) is 9.59 Å². The van der Waals surface area contributed by atoms with Gasteiger partial charge in [-0.15, -0.1) is 0 Å². The van der Waals surface area contributed by atoms with Crippen molar-refractivity contribution >= 4 is 12.4 Å². The third-order valence-corrected chi connectivity index (χ3v) is 0.933. The molecule has 0 bridgehead atoms. The van der Waals surface area contributed by atoms with E-state index in [9.17, 15) is 4.79 Å². The Balaban J connectivity index is 0. The molecule has 0 aliphatic carbocycles. The molecule has 4 N–H and O–H groups in total. The van der Waals surface area contributed by atoms with E-state index < -0.39 is 6.47 Å². The number of hydrogen-bond donors (Lipinski definition) is 2. The van der Waals surface area contributed by atoms with E-state index in [1.807, 2.05) is 0 Å². The van der Waals surface area contributed by atoms with Gasteiger partial charge >= 0.3 is 0 Å². The first-order valence-electron chi connectivity index (χ1n) is 3.28. The van der Waals surface area contributed by atoms with E-state index in [1.54, 1.807) is 7.05 Å². The molecule has 0 fully saturated rings. The summed E-state index contributed by atoms with van der Waals surface area (Å²) in [6.45, 7) is 0.341. The van der Waals surface area contributed by atoms with E-state index in [-0.39, 0.29) is 5.91 Å². The SMILES string of the molecule is CNC(=O)CCC[NH3+].O=C[O-]. The molecule has 0 radical (unpaired) electrons. The molecular weight excluding hydrogens is 148 g/mol. The van der Waals surface area contributed by atoms with E-state index in [4.69, 9.17) is 9.90 Å². The van der Waals surface area contributed by atoms with E-state index in [0.29, 0.717) is 6.42 Å². The van der Waals surface area contributed by atoms with Crippen LogP contribution in [-0.4, -0.2) is 26.0 Å². The van der Waals surface area contributed by atoms with Crippen molar-refractivity contribution < 1.29 is 20.4 Å². The summed E-state index contributed by atoms with van der Waals surface area (Å²) in [6.07, 6.45) is 1.50. The van der Waals surface area contributed by atoms with Crippen LogP contribution < -0.4 is 16.2 Å². The highest BCUT2D eigenvalue weighted by atomic mass is 16.3.